The Balaban J connectivity index is 1.91. The van der Waals surface area contributed by atoms with E-state index in [0.717, 1.165) is 44.5 Å². The van der Waals surface area contributed by atoms with E-state index in [2.05, 4.69) is 13.8 Å². The van der Waals surface area contributed by atoms with Gasteiger partial charge in [0.05, 0.1) is 22.3 Å². The number of fused-ring (bicyclic) bond motifs is 1. The Kier molecular flexibility index (Phi) is 8.08. The highest BCUT2D eigenvalue weighted by Crippen LogP contribution is 2.22. The van der Waals surface area contributed by atoms with E-state index in [1.54, 1.807) is 10.6 Å². The molecule has 0 unspecified atom stereocenters. The number of thioether (sulfide) groups is 1. The molecule has 0 fully saturated rings. The van der Waals surface area contributed by atoms with Gasteiger partial charge in [0.2, 0.25) is 5.91 Å². The third-order valence-electron chi connectivity index (χ3n) is 5.00. The molecule has 0 saturated heterocycles. The molecule has 1 heterocycles. The average Bonchev–Trinajstić information content (AvgIpc) is 2.78. The molecule has 1 amide bonds. The van der Waals surface area contributed by atoms with Crippen LogP contribution in [0.4, 0.5) is 0 Å². The second-order valence-electron chi connectivity index (χ2n) is 7.26. The van der Waals surface area contributed by atoms with E-state index in [0.29, 0.717) is 16.1 Å². The Morgan fingerprint density at radius 2 is 1.60 bits per heavy atom. The maximum Gasteiger partial charge on any atom is 0.266 e. The number of aromatic nitrogens is 2. The Morgan fingerprint density at radius 3 is 2.27 bits per heavy atom. The summed E-state index contributed by atoms with van der Waals surface area (Å²) < 4.78 is 1.61. The van der Waals surface area contributed by atoms with Gasteiger partial charge in [-0.2, -0.15) is 0 Å². The van der Waals surface area contributed by atoms with Crippen LogP contribution in [0.2, 0.25) is 0 Å². The van der Waals surface area contributed by atoms with Crippen LogP contribution in [-0.4, -0.2) is 39.2 Å². The number of rotatable bonds is 10. The summed E-state index contributed by atoms with van der Waals surface area (Å²) in [7, 11) is 0. The fourth-order valence-corrected chi connectivity index (χ4v) is 4.21. The maximum absolute atomic E-state index is 13.2. The van der Waals surface area contributed by atoms with Crippen molar-refractivity contribution in [1.29, 1.82) is 0 Å². The molecule has 3 rings (SSSR count). The number of nitrogens with zero attached hydrogens (tertiary/aromatic N) is 3. The molecule has 0 atom stereocenters. The maximum atomic E-state index is 13.2. The van der Waals surface area contributed by atoms with Crippen LogP contribution in [0.15, 0.2) is 64.5 Å². The minimum absolute atomic E-state index is 0.101. The quantitative estimate of drug-likeness (QED) is 0.344. The zero-order chi connectivity index (χ0) is 21.3. The lowest BCUT2D eigenvalue weighted by Crippen LogP contribution is -2.34. The number of carbonyl (C=O) groups excluding carboxylic acids is 1. The number of para-hydroxylation sites is 2. The van der Waals surface area contributed by atoms with Crippen LogP contribution in [0.3, 0.4) is 0 Å². The third kappa shape index (κ3) is 5.30. The van der Waals surface area contributed by atoms with Crippen molar-refractivity contribution in [3.63, 3.8) is 0 Å². The Bertz CT molecular complexity index is 1030. The van der Waals surface area contributed by atoms with Gasteiger partial charge in [0.15, 0.2) is 5.16 Å². The highest BCUT2D eigenvalue weighted by molar-refractivity contribution is 7.99. The van der Waals surface area contributed by atoms with Crippen LogP contribution in [-0.2, 0) is 4.79 Å². The van der Waals surface area contributed by atoms with Crippen LogP contribution < -0.4 is 5.56 Å². The zero-order valence-corrected chi connectivity index (χ0v) is 18.5. The van der Waals surface area contributed by atoms with E-state index in [1.165, 1.54) is 11.8 Å². The van der Waals surface area contributed by atoms with Crippen LogP contribution >= 0.6 is 11.8 Å². The normalized spacial score (nSPS) is 11.0. The minimum Gasteiger partial charge on any atom is -0.342 e. The van der Waals surface area contributed by atoms with Gasteiger partial charge in [0.25, 0.3) is 5.56 Å². The first kappa shape index (κ1) is 22.1. The fourth-order valence-electron chi connectivity index (χ4n) is 3.29. The van der Waals surface area contributed by atoms with E-state index in [-0.39, 0.29) is 17.2 Å². The summed E-state index contributed by atoms with van der Waals surface area (Å²) >= 11 is 1.33. The molecule has 0 aliphatic rings. The lowest BCUT2D eigenvalue weighted by molar-refractivity contribution is -0.128. The van der Waals surface area contributed by atoms with Gasteiger partial charge in [-0.25, -0.2) is 4.98 Å². The van der Waals surface area contributed by atoms with Crippen molar-refractivity contribution in [2.45, 2.75) is 44.7 Å². The predicted molar refractivity (Wildman–Crippen MR) is 124 cm³/mol. The van der Waals surface area contributed by atoms with Gasteiger partial charge < -0.3 is 4.90 Å². The summed E-state index contributed by atoms with van der Waals surface area (Å²) in [6.45, 7) is 5.84. The molecule has 0 aliphatic carbocycles. The van der Waals surface area contributed by atoms with Crippen molar-refractivity contribution < 1.29 is 4.79 Å². The summed E-state index contributed by atoms with van der Waals surface area (Å²) in [6.07, 6.45) is 4.12. The summed E-state index contributed by atoms with van der Waals surface area (Å²) in [4.78, 5) is 32.8. The molecule has 158 valence electrons. The number of carbonyl (C=O) groups is 1. The van der Waals surface area contributed by atoms with E-state index >= 15 is 0 Å². The molecular weight excluding hydrogens is 394 g/mol. The molecule has 0 bridgehead atoms. The number of hydrogen-bond donors (Lipinski definition) is 0. The monoisotopic (exact) mass is 423 g/mol. The molecule has 0 N–H and O–H groups in total. The van der Waals surface area contributed by atoms with Gasteiger partial charge in [-0.3, -0.25) is 14.2 Å². The summed E-state index contributed by atoms with van der Waals surface area (Å²) in [5, 5.41) is 1.12. The minimum atomic E-state index is -0.115. The first-order valence-electron chi connectivity index (χ1n) is 10.6. The van der Waals surface area contributed by atoms with Crippen molar-refractivity contribution in [3.05, 3.63) is 65.0 Å². The summed E-state index contributed by atoms with van der Waals surface area (Å²) in [6, 6.07) is 16.8. The molecule has 0 aliphatic heterocycles. The lowest BCUT2D eigenvalue weighted by atomic mass is 10.2. The summed E-state index contributed by atoms with van der Waals surface area (Å²) in [5.74, 6) is 0.370. The SMILES string of the molecule is CCCCN(CCCC)C(=O)CSc1nc2ccccc2c(=O)n1-c1ccccc1. The Hall–Kier alpha value is -2.60. The molecule has 5 nitrogen and oxygen atoms in total. The van der Waals surface area contributed by atoms with Gasteiger partial charge in [-0.05, 0) is 37.1 Å². The molecule has 1 aromatic heterocycles. The average molecular weight is 424 g/mol. The number of hydrogen-bond acceptors (Lipinski definition) is 4. The molecule has 0 spiro atoms. The number of amides is 1. The van der Waals surface area contributed by atoms with Crippen molar-refractivity contribution in [2.24, 2.45) is 0 Å². The molecule has 6 heteroatoms. The number of unbranched alkanes of at least 4 members (excludes halogenated alkanes) is 2. The largest absolute Gasteiger partial charge is 0.342 e. The Labute approximate surface area is 182 Å². The first-order chi connectivity index (χ1) is 14.7. The van der Waals surface area contributed by atoms with E-state index < -0.39 is 0 Å². The van der Waals surface area contributed by atoms with Gasteiger partial charge >= 0.3 is 0 Å². The first-order valence-corrected chi connectivity index (χ1v) is 11.6. The van der Waals surface area contributed by atoms with Crippen LogP contribution in [0, 0.1) is 0 Å². The molecule has 0 radical (unpaired) electrons. The van der Waals surface area contributed by atoms with Gasteiger partial charge in [0.1, 0.15) is 0 Å². The smallest absolute Gasteiger partial charge is 0.266 e. The third-order valence-corrected chi connectivity index (χ3v) is 5.92. The highest BCUT2D eigenvalue weighted by atomic mass is 32.2. The standard InChI is InChI=1S/C24H29N3O2S/c1-3-5-16-26(17-6-4-2)22(28)18-30-24-25-21-15-11-10-14-20(21)23(29)27(24)19-12-8-7-9-13-19/h7-15H,3-6,16-18H2,1-2H3. The second kappa shape index (κ2) is 11.0. The van der Waals surface area contributed by atoms with Crippen LogP contribution in [0.5, 0.6) is 0 Å². The van der Waals surface area contributed by atoms with Crippen molar-refractivity contribution in [1.82, 2.24) is 14.5 Å². The van der Waals surface area contributed by atoms with E-state index in [4.69, 9.17) is 4.98 Å². The van der Waals surface area contributed by atoms with E-state index in [1.807, 2.05) is 53.4 Å². The van der Waals surface area contributed by atoms with Crippen molar-refractivity contribution >= 4 is 28.6 Å². The van der Waals surface area contributed by atoms with Gasteiger partial charge in [0, 0.05) is 13.1 Å². The second-order valence-corrected chi connectivity index (χ2v) is 8.21. The zero-order valence-electron chi connectivity index (χ0n) is 17.7. The van der Waals surface area contributed by atoms with E-state index in [9.17, 15) is 9.59 Å². The van der Waals surface area contributed by atoms with Crippen molar-refractivity contribution in [2.75, 3.05) is 18.8 Å². The Morgan fingerprint density at radius 1 is 0.967 bits per heavy atom. The van der Waals surface area contributed by atoms with Gasteiger partial charge in [-0.15, -0.1) is 0 Å². The van der Waals surface area contributed by atoms with Crippen molar-refractivity contribution in [3.8, 4) is 5.69 Å². The fraction of sp³-hybridized carbons (Fsp3) is 0.375. The topological polar surface area (TPSA) is 55.2 Å². The highest BCUT2D eigenvalue weighted by Gasteiger charge is 2.17. The molecule has 30 heavy (non-hydrogen) atoms. The number of benzene rings is 2. The molecule has 2 aromatic carbocycles. The molecule has 0 saturated carbocycles. The lowest BCUT2D eigenvalue weighted by Gasteiger charge is -2.22. The van der Waals surface area contributed by atoms with Gasteiger partial charge in [-0.1, -0.05) is 68.8 Å². The molecular formula is C24H29N3O2S. The summed E-state index contributed by atoms with van der Waals surface area (Å²) in [5.41, 5.74) is 1.29. The van der Waals surface area contributed by atoms with Crippen LogP contribution in [0.1, 0.15) is 39.5 Å². The molecule has 3 aromatic rings. The predicted octanol–water partition coefficient (Wildman–Crippen LogP) is 4.91. The van der Waals surface area contributed by atoms with Crippen LogP contribution in [0.25, 0.3) is 16.6 Å².